The van der Waals surface area contributed by atoms with E-state index in [9.17, 15) is 4.79 Å². The van der Waals surface area contributed by atoms with Gasteiger partial charge in [0, 0.05) is 28.7 Å². The van der Waals surface area contributed by atoms with E-state index in [1.165, 1.54) is 10.4 Å². The monoisotopic (exact) mass is 323 g/mol. The van der Waals surface area contributed by atoms with E-state index < -0.39 is 0 Å². The zero-order valence-electron chi connectivity index (χ0n) is 13.1. The summed E-state index contributed by atoms with van der Waals surface area (Å²) in [6.45, 7) is 2.01. The second-order valence-corrected chi connectivity index (χ2v) is 6.88. The highest BCUT2D eigenvalue weighted by molar-refractivity contribution is 7.10. The van der Waals surface area contributed by atoms with E-state index >= 15 is 0 Å². The summed E-state index contributed by atoms with van der Waals surface area (Å²) in [6.07, 6.45) is 1.85. The molecule has 1 aliphatic carbocycles. The highest BCUT2D eigenvalue weighted by Gasteiger charge is 2.27. The number of aryl methyl sites for hydroxylation is 3. The number of amides is 1. The predicted molar refractivity (Wildman–Crippen MR) is 93.1 cm³/mol. The number of hydrogen-bond acceptors (Lipinski definition) is 3. The molecule has 2 aromatic heterocycles. The molecule has 0 spiro atoms. The Kier molecular flexibility index (Phi) is 3.31. The average molecular weight is 323 g/mol. The van der Waals surface area contributed by atoms with Crippen molar-refractivity contribution in [3.05, 3.63) is 57.4 Å². The maximum Gasteiger partial charge on any atom is 0.276 e. The van der Waals surface area contributed by atoms with Crippen molar-refractivity contribution in [2.24, 2.45) is 7.05 Å². The van der Waals surface area contributed by atoms with Crippen molar-refractivity contribution in [3.8, 4) is 11.3 Å². The predicted octanol–water partition coefficient (Wildman–Crippen LogP) is 3.81. The lowest BCUT2D eigenvalue weighted by atomic mass is 9.94. The van der Waals surface area contributed by atoms with Gasteiger partial charge in [0.25, 0.3) is 5.91 Å². The van der Waals surface area contributed by atoms with Gasteiger partial charge in [-0.05, 0) is 48.9 Å². The normalized spacial score (nSPS) is 12.6. The number of carbonyl (C=O) groups is 1. The van der Waals surface area contributed by atoms with Crippen molar-refractivity contribution in [3.63, 3.8) is 0 Å². The fourth-order valence-corrected chi connectivity index (χ4v) is 4.10. The van der Waals surface area contributed by atoms with E-state index in [1.807, 2.05) is 42.9 Å². The molecule has 0 atom stereocenters. The number of nitrogens with zero attached hydrogens (tertiary/aromatic N) is 2. The molecule has 4 rings (SSSR count). The van der Waals surface area contributed by atoms with Gasteiger partial charge in [-0.15, -0.1) is 11.3 Å². The van der Waals surface area contributed by atoms with Crippen LogP contribution in [0.2, 0.25) is 0 Å². The fourth-order valence-electron chi connectivity index (χ4n) is 3.22. The summed E-state index contributed by atoms with van der Waals surface area (Å²) in [5, 5.41) is 9.58. The minimum absolute atomic E-state index is 0.133. The van der Waals surface area contributed by atoms with E-state index in [2.05, 4.69) is 21.9 Å². The van der Waals surface area contributed by atoms with Gasteiger partial charge in [0.15, 0.2) is 5.69 Å². The summed E-state index contributed by atoms with van der Waals surface area (Å²) in [4.78, 5) is 14.1. The van der Waals surface area contributed by atoms with Crippen molar-refractivity contribution in [2.45, 2.75) is 19.8 Å². The summed E-state index contributed by atoms with van der Waals surface area (Å²) >= 11 is 1.78. The largest absolute Gasteiger partial charge is 0.321 e. The number of fused-ring (bicyclic) bond motifs is 3. The van der Waals surface area contributed by atoms with Crippen molar-refractivity contribution in [2.75, 3.05) is 5.32 Å². The van der Waals surface area contributed by atoms with Gasteiger partial charge in [0.05, 0.1) is 5.69 Å². The molecule has 0 unspecified atom stereocenters. The number of nitrogens with one attached hydrogen (secondary N) is 1. The van der Waals surface area contributed by atoms with Crippen LogP contribution < -0.4 is 5.32 Å². The lowest BCUT2D eigenvalue weighted by Gasteiger charge is -2.13. The Bertz CT molecular complexity index is 907. The molecule has 0 radical (unpaired) electrons. The molecule has 2 heterocycles. The van der Waals surface area contributed by atoms with Gasteiger partial charge in [-0.1, -0.05) is 12.1 Å². The number of benzene rings is 1. The molecule has 5 heteroatoms. The first kappa shape index (κ1) is 14.2. The molecule has 23 heavy (non-hydrogen) atoms. The molecule has 116 valence electrons. The molecular weight excluding hydrogens is 306 g/mol. The standard InChI is InChI=1S/C18H17N3OS/c1-11-4-3-5-12(10-11)19-18(22)16-14-6-7-15-13(8-9-23-15)17(14)21(2)20-16/h3-5,8-10H,6-7H2,1-2H3,(H,19,22). The van der Waals surface area contributed by atoms with E-state index in [0.717, 1.165) is 35.3 Å². The van der Waals surface area contributed by atoms with Crippen LogP contribution in [0.25, 0.3) is 11.3 Å². The number of thiophene rings is 1. The Hall–Kier alpha value is -2.40. The van der Waals surface area contributed by atoms with Crippen LogP contribution in [-0.2, 0) is 19.9 Å². The zero-order chi connectivity index (χ0) is 16.0. The Morgan fingerprint density at radius 3 is 3.00 bits per heavy atom. The van der Waals surface area contributed by atoms with Gasteiger partial charge in [0.2, 0.25) is 0 Å². The third-order valence-corrected chi connectivity index (χ3v) is 5.22. The SMILES string of the molecule is Cc1cccc(NC(=O)c2nn(C)c3c2CCc2sccc2-3)c1. The van der Waals surface area contributed by atoms with Gasteiger partial charge < -0.3 is 5.32 Å². The van der Waals surface area contributed by atoms with Crippen LogP contribution >= 0.6 is 11.3 Å². The van der Waals surface area contributed by atoms with Crippen LogP contribution in [0, 0.1) is 6.92 Å². The summed E-state index contributed by atoms with van der Waals surface area (Å²) in [6, 6.07) is 9.94. The third kappa shape index (κ3) is 2.37. The summed E-state index contributed by atoms with van der Waals surface area (Å²) in [5.74, 6) is -0.133. The molecule has 1 N–H and O–H groups in total. The lowest BCUT2D eigenvalue weighted by Crippen LogP contribution is -2.15. The number of aromatic nitrogens is 2. The van der Waals surface area contributed by atoms with Crippen LogP contribution in [0.1, 0.15) is 26.5 Å². The van der Waals surface area contributed by atoms with Crippen LogP contribution in [0.5, 0.6) is 0 Å². The summed E-state index contributed by atoms with van der Waals surface area (Å²) in [5.41, 5.74) is 5.84. The van der Waals surface area contributed by atoms with Crippen LogP contribution in [0.3, 0.4) is 0 Å². The first-order valence-corrected chi connectivity index (χ1v) is 8.52. The van der Waals surface area contributed by atoms with Gasteiger partial charge >= 0.3 is 0 Å². The quantitative estimate of drug-likeness (QED) is 0.779. The molecule has 1 amide bonds. The smallest absolute Gasteiger partial charge is 0.276 e. The minimum atomic E-state index is -0.133. The van der Waals surface area contributed by atoms with E-state index in [0.29, 0.717) is 5.69 Å². The highest BCUT2D eigenvalue weighted by atomic mass is 32.1. The average Bonchev–Trinajstić information content (AvgIpc) is 3.11. The Balaban J connectivity index is 1.71. The van der Waals surface area contributed by atoms with E-state index in [-0.39, 0.29) is 5.91 Å². The first-order chi connectivity index (χ1) is 11.1. The molecule has 1 aliphatic rings. The highest BCUT2D eigenvalue weighted by Crippen LogP contribution is 2.37. The second kappa shape index (κ2) is 5.35. The number of anilines is 1. The molecule has 1 aromatic carbocycles. The minimum Gasteiger partial charge on any atom is -0.321 e. The maximum atomic E-state index is 12.7. The zero-order valence-corrected chi connectivity index (χ0v) is 13.9. The summed E-state index contributed by atoms with van der Waals surface area (Å²) < 4.78 is 1.84. The maximum absolute atomic E-state index is 12.7. The Morgan fingerprint density at radius 1 is 1.30 bits per heavy atom. The summed E-state index contributed by atoms with van der Waals surface area (Å²) in [7, 11) is 1.91. The van der Waals surface area contributed by atoms with Crippen LogP contribution in [0.4, 0.5) is 5.69 Å². The molecular formula is C18H17N3OS. The topological polar surface area (TPSA) is 46.9 Å². The van der Waals surface area contributed by atoms with Gasteiger partial charge in [0.1, 0.15) is 0 Å². The van der Waals surface area contributed by atoms with Crippen molar-refractivity contribution < 1.29 is 4.79 Å². The molecule has 0 bridgehead atoms. The molecule has 4 nitrogen and oxygen atoms in total. The lowest BCUT2D eigenvalue weighted by molar-refractivity contribution is 0.102. The third-order valence-electron chi connectivity index (χ3n) is 4.24. The molecule has 0 fully saturated rings. The van der Waals surface area contributed by atoms with Crippen molar-refractivity contribution in [1.82, 2.24) is 9.78 Å². The molecule has 0 aliphatic heterocycles. The van der Waals surface area contributed by atoms with Crippen LogP contribution in [0.15, 0.2) is 35.7 Å². The van der Waals surface area contributed by atoms with Gasteiger partial charge in [-0.2, -0.15) is 5.10 Å². The van der Waals surface area contributed by atoms with Gasteiger partial charge in [-0.3, -0.25) is 9.48 Å². The fraction of sp³-hybridized carbons (Fsp3) is 0.222. The first-order valence-electron chi connectivity index (χ1n) is 7.64. The molecule has 0 saturated carbocycles. The molecule has 3 aromatic rings. The van der Waals surface area contributed by atoms with Crippen LogP contribution in [-0.4, -0.2) is 15.7 Å². The Morgan fingerprint density at radius 2 is 2.17 bits per heavy atom. The van der Waals surface area contributed by atoms with Crippen molar-refractivity contribution >= 4 is 22.9 Å². The number of rotatable bonds is 2. The number of hydrogen-bond donors (Lipinski definition) is 1. The van der Waals surface area contributed by atoms with Gasteiger partial charge in [-0.25, -0.2) is 0 Å². The Labute approximate surface area is 138 Å². The second-order valence-electron chi connectivity index (χ2n) is 5.88. The number of carbonyl (C=O) groups excluding carboxylic acids is 1. The van der Waals surface area contributed by atoms with Crippen molar-refractivity contribution in [1.29, 1.82) is 0 Å². The molecule has 0 saturated heterocycles. The van der Waals surface area contributed by atoms with E-state index in [4.69, 9.17) is 0 Å². The van der Waals surface area contributed by atoms with E-state index in [1.54, 1.807) is 11.3 Å².